The Bertz CT molecular complexity index is 331. The molecule has 1 aromatic rings. The minimum atomic E-state index is -1.16. The van der Waals surface area contributed by atoms with E-state index in [1.807, 2.05) is 0 Å². The Morgan fingerprint density at radius 3 is 3.00 bits per heavy atom. The molecule has 1 heterocycles. The molecule has 0 saturated carbocycles. The lowest BCUT2D eigenvalue weighted by atomic mass is 9.79. The normalized spacial score (nSPS) is 15.0. The van der Waals surface area contributed by atoms with Crippen LogP contribution in [0, 0.1) is 5.82 Å². The van der Waals surface area contributed by atoms with Gasteiger partial charge in [-0.05, 0) is 12.1 Å². The van der Waals surface area contributed by atoms with E-state index in [1.165, 1.54) is 12.1 Å². The van der Waals surface area contributed by atoms with Crippen LogP contribution in [-0.2, 0) is 11.3 Å². The van der Waals surface area contributed by atoms with Crippen molar-refractivity contribution in [1.82, 2.24) is 0 Å². The summed E-state index contributed by atoms with van der Waals surface area (Å²) in [5.41, 5.74) is 6.74. The van der Waals surface area contributed by atoms with Gasteiger partial charge in [0.25, 0.3) is 0 Å². The van der Waals surface area contributed by atoms with Crippen LogP contribution in [0.3, 0.4) is 0 Å². The highest BCUT2D eigenvalue weighted by molar-refractivity contribution is 6.61. The molecule has 1 aromatic carbocycles. The van der Waals surface area contributed by atoms with Gasteiger partial charge < -0.3 is 15.4 Å². The summed E-state index contributed by atoms with van der Waals surface area (Å²) in [6.45, 7) is 0.181. The van der Waals surface area contributed by atoms with E-state index < -0.39 is 12.9 Å². The van der Waals surface area contributed by atoms with Crippen molar-refractivity contribution in [2.45, 2.75) is 6.61 Å². The number of hydrogen-bond acceptors (Lipinski definition) is 3. The standard InChI is InChI=1S/C7H7BFNO2/c9-5-1-2-6(10)4-3-12-8(11)7(4)5/h1-2,11H,3,10H2. The lowest BCUT2D eigenvalue weighted by Gasteiger charge is -2.02. The van der Waals surface area contributed by atoms with E-state index in [9.17, 15) is 4.39 Å². The van der Waals surface area contributed by atoms with Crippen LogP contribution in [0.5, 0.6) is 0 Å². The molecule has 62 valence electrons. The molecular weight excluding hydrogens is 160 g/mol. The van der Waals surface area contributed by atoms with Crippen molar-refractivity contribution >= 4 is 18.3 Å². The van der Waals surface area contributed by atoms with E-state index in [4.69, 9.17) is 15.4 Å². The molecule has 3 N–H and O–H groups in total. The lowest BCUT2D eigenvalue weighted by Crippen LogP contribution is -2.31. The van der Waals surface area contributed by atoms with Gasteiger partial charge in [0.15, 0.2) is 0 Å². The number of fused-ring (bicyclic) bond motifs is 1. The molecule has 0 atom stereocenters. The van der Waals surface area contributed by atoms with Crippen LogP contribution in [0.25, 0.3) is 0 Å². The first-order valence-electron chi connectivity index (χ1n) is 3.56. The molecule has 0 fully saturated rings. The van der Waals surface area contributed by atoms with Gasteiger partial charge in [-0.25, -0.2) is 4.39 Å². The quantitative estimate of drug-likeness (QED) is 0.409. The van der Waals surface area contributed by atoms with Crippen molar-refractivity contribution in [3.05, 3.63) is 23.5 Å². The number of nitrogens with two attached hydrogens (primary N) is 1. The molecule has 0 aromatic heterocycles. The molecule has 3 nitrogen and oxygen atoms in total. The Morgan fingerprint density at radius 1 is 1.58 bits per heavy atom. The predicted molar refractivity (Wildman–Crippen MR) is 43.2 cm³/mol. The van der Waals surface area contributed by atoms with Crippen LogP contribution in [-0.4, -0.2) is 12.1 Å². The Kier molecular flexibility index (Phi) is 1.56. The van der Waals surface area contributed by atoms with Crippen molar-refractivity contribution in [1.29, 1.82) is 0 Å². The van der Waals surface area contributed by atoms with Gasteiger partial charge in [0, 0.05) is 16.7 Å². The van der Waals surface area contributed by atoms with Gasteiger partial charge in [-0.3, -0.25) is 0 Å². The van der Waals surface area contributed by atoms with Gasteiger partial charge in [0.2, 0.25) is 0 Å². The first-order valence-corrected chi connectivity index (χ1v) is 3.56. The van der Waals surface area contributed by atoms with E-state index >= 15 is 0 Å². The van der Waals surface area contributed by atoms with Crippen molar-refractivity contribution in [2.24, 2.45) is 0 Å². The van der Waals surface area contributed by atoms with Crippen LogP contribution < -0.4 is 11.2 Å². The molecule has 0 spiro atoms. The number of nitrogen functional groups attached to an aromatic ring is 1. The van der Waals surface area contributed by atoms with Crippen molar-refractivity contribution in [3.8, 4) is 0 Å². The van der Waals surface area contributed by atoms with Gasteiger partial charge >= 0.3 is 7.12 Å². The van der Waals surface area contributed by atoms with E-state index in [0.29, 0.717) is 11.3 Å². The van der Waals surface area contributed by atoms with Gasteiger partial charge in [-0.15, -0.1) is 0 Å². The molecule has 12 heavy (non-hydrogen) atoms. The fraction of sp³-hybridized carbons (Fsp3) is 0.143. The molecule has 2 rings (SSSR count). The average molecular weight is 167 g/mol. The number of anilines is 1. The van der Waals surface area contributed by atoms with Crippen LogP contribution in [0.2, 0.25) is 0 Å². The number of rotatable bonds is 0. The maximum Gasteiger partial charge on any atom is 0.494 e. The molecular formula is C7H7BFNO2. The van der Waals surface area contributed by atoms with Crippen LogP contribution in [0.1, 0.15) is 5.56 Å². The third-order valence-electron chi connectivity index (χ3n) is 1.97. The van der Waals surface area contributed by atoms with E-state index in [0.717, 1.165) is 0 Å². The Labute approximate surface area is 69.1 Å². The summed E-state index contributed by atoms with van der Waals surface area (Å²) in [4.78, 5) is 0. The maximum absolute atomic E-state index is 13.0. The molecule has 0 unspecified atom stereocenters. The van der Waals surface area contributed by atoms with Crippen LogP contribution in [0.4, 0.5) is 10.1 Å². The van der Waals surface area contributed by atoms with Crippen molar-refractivity contribution in [2.75, 3.05) is 5.73 Å². The van der Waals surface area contributed by atoms with E-state index in [-0.39, 0.29) is 12.1 Å². The summed E-state index contributed by atoms with van der Waals surface area (Å²) < 4.78 is 17.8. The van der Waals surface area contributed by atoms with Gasteiger partial charge in [0.1, 0.15) is 5.82 Å². The summed E-state index contributed by atoms with van der Waals surface area (Å²) in [5.74, 6) is -0.468. The molecule has 1 aliphatic heterocycles. The zero-order chi connectivity index (χ0) is 8.72. The Balaban J connectivity index is 2.64. The zero-order valence-corrected chi connectivity index (χ0v) is 6.25. The highest BCUT2D eigenvalue weighted by Crippen LogP contribution is 2.18. The second-order valence-corrected chi connectivity index (χ2v) is 2.69. The summed E-state index contributed by atoms with van der Waals surface area (Å²) in [6, 6.07) is 2.70. The highest BCUT2D eigenvalue weighted by atomic mass is 19.1. The molecule has 0 aliphatic carbocycles. The second-order valence-electron chi connectivity index (χ2n) is 2.69. The third-order valence-corrected chi connectivity index (χ3v) is 1.97. The van der Waals surface area contributed by atoms with E-state index in [2.05, 4.69) is 0 Å². The predicted octanol–water partition coefficient (Wildman–Crippen LogP) is -0.374. The smallest absolute Gasteiger partial charge is 0.423 e. The maximum atomic E-state index is 13.0. The summed E-state index contributed by atoms with van der Waals surface area (Å²) in [6.07, 6.45) is 0. The van der Waals surface area contributed by atoms with E-state index in [1.54, 1.807) is 0 Å². The molecule has 0 amide bonds. The topological polar surface area (TPSA) is 55.5 Å². The lowest BCUT2D eigenvalue weighted by molar-refractivity contribution is 0.275. The number of halogens is 1. The third kappa shape index (κ3) is 0.905. The summed E-state index contributed by atoms with van der Waals surface area (Å²) in [5, 5.41) is 9.17. The van der Waals surface area contributed by atoms with Gasteiger partial charge in [0.05, 0.1) is 6.61 Å². The SMILES string of the molecule is Nc1ccc(F)c2c1COB2O. The van der Waals surface area contributed by atoms with Crippen molar-refractivity contribution in [3.63, 3.8) is 0 Å². The van der Waals surface area contributed by atoms with Gasteiger partial charge in [-0.2, -0.15) is 0 Å². The molecule has 0 bridgehead atoms. The zero-order valence-electron chi connectivity index (χ0n) is 6.25. The fourth-order valence-electron chi connectivity index (χ4n) is 1.33. The van der Waals surface area contributed by atoms with Crippen molar-refractivity contribution < 1.29 is 14.1 Å². The second kappa shape index (κ2) is 2.47. The highest BCUT2D eigenvalue weighted by Gasteiger charge is 2.31. The minimum Gasteiger partial charge on any atom is -0.423 e. The first kappa shape index (κ1) is 7.58. The summed E-state index contributed by atoms with van der Waals surface area (Å²) in [7, 11) is -1.16. The number of benzene rings is 1. The van der Waals surface area contributed by atoms with Crippen LogP contribution in [0.15, 0.2) is 12.1 Å². The van der Waals surface area contributed by atoms with Crippen LogP contribution >= 0.6 is 0 Å². The monoisotopic (exact) mass is 167 g/mol. The molecule has 5 heteroatoms. The Hall–Kier alpha value is -1.07. The molecule has 0 saturated heterocycles. The Morgan fingerprint density at radius 2 is 2.33 bits per heavy atom. The summed E-state index contributed by atoms with van der Waals surface area (Å²) >= 11 is 0. The largest absolute Gasteiger partial charge is 0.494 e. The van der Waals surface area contributed by atoms with Gasteiger partial charge in [-0.1, -0.05) is 0 Å². The fourth-order valence-corrected chi connectivity index (χ4v) is 1.33. The number of hydrogen-bond donors (Lipinski definition) is 2. The molecule has 0 radical (unpaired) electrons. The average Bonchev–Trinajstić information content (AvgIpc) is 2.42. The first-order chi connectivity index (χ1) is 5.70. The minimum absolute atomic E-state index is 0.176. The molecule has 1 aliphatic rings.